The van der Waals surface area contributed by atoms with E-state index in [-0.39, 0.29) is 23.6 Å². The summed E-state index contributed by atoms with van der Waals surface area (Å²) in [5.41, 5.74) is 5.76. The van der Waals surface area contributed by atoms with Gasteiger partial charge in [-0.2, -0.15) is 0 Å². The van der Waals surface area contributed by atoms with E-state index in [1.165, 1.54) is 6.42 Å². The third kappa shape index (κ3) is 2.63. The number of likely N-dealkylation sites (tertiary alicyclic amines) is 1. The predicted molar refractivity (Wildman–Crippen MR) is 66.6 cm³/mol. The first kappa shape index (κ1) is 12.8. The summed E-state index contributed by atoms with van der Waals surface area (Å²) >= 11 is 0. The van der Waals surface area contributed by atoms with Crippen LogP contribution in [0.25, 0.3) is 0 Å². The average molecular weight is 240 g/mol. The van der Waals surface area contributed by atoms with Crippen molar-refractivity contribution in [2.24, 2.45) is 5.73 Å². The van der Waals surface area contributed by atoms with Gasteiger partial charge in [0.05, 0.1) is 12.0 Å². The van der Waals surface area contributed by atoms with Crippen LogP contribution in [0.2, 0.25) is 0 Å². The Balaban J connectivity index is 1.91. The molecule has 2 atom stereocenters. The molecule has 1 amide bonds. The van der Waals surface area contributed by atoms with Crippen molar-refractivity contribution in [2.75, 3.05) is 13.7 Å². The summed E-state index contributed by atoms with van der Waals surface area (Å²) in [6.07, 6.45) is 5.63. The molecule has 0 bridgehead atoms. The van der Waals surface area contributed by atoms with Gasteiger partial charge in [-0.25, -0.2) is 0 Å². The van der Waals surface area contributed by atoms with E-state index in [1.54, 1.807) is 7.11 Å². The van der Waals surface area contributed by atoms with Gasteiger partial charge in [0.15, 0.2) is 0 Å². The zero-order chi connectivity index (χ0) is 12.5. The highest BCUT2D eigenvalue weighted by Crippen LogP contribution is 2.38. The van der Waals surface area contributed by atoms with Gasteiger partial charge < -0.3 is 15.4 Å². The molecule has 1 aliphatic heterocycles. The van der Waals surface area contributed by atoms with Crippen molar-refractivity contribution >= 4 is 5.91 Å². The number of piperidine rings is 1. The summed E-state index contributed by atoms with van der Waals surface area (Å²) in [5, 5.41) is 0. The van der Waals surface area contributed by atoms with E-state index in [9.17, 15) is 4.79 Å². The Kier molecular flexibility index (Phi) is 3.73. The lowest BCUT2D eigenvalue weighted by atomic mass is 9.77. The molecular formula is C13H24N2O2. The zero-order valence-electron chi connectivity index (χ0n) is 10.9. The number of hydrogen-bond acceptors (Lipinski definition) is 3. The number of hydrogen-bond donors (Lipinski definition) is 1. The fourth-order valence-corrected chi connectivity index (χ4v) is 2.98. The average Bonchev–Trinajstić information content (AvgIpc) is 2.23. The van der Waals surface area contributed by atoms with Crippen LogP contribution in [0.1, 0.15) is 45.4 Å². The third-order valence-corrected chi connectivity index (χ3v) is 4.41. The second-order valence-electron chi connectivity index (χ2n) is 5.64. The van der Waals surface area contributed by atoms with E-state index in [0.717, 1.165) is 32.2 Å². The molecule has 4 nitrogen and oxygen atoms in total. The number of nitrogens with zero attached hydrogens (tertiary/aromatic N) is 1. The van der Waals surface area contributed by atoms with E-state index < -0.39 is 0 Å². The van der Waals surface area contributed by atoms with E-state index >= 15 is 0 Å². The molecule has 4 heteroatoms. The first-order chi connectivity index (χ1) is 8.06. The second kappa shape index (κ2) is 4.94. The standard InChI is InChI=1S/C13H24N2O2/c1-10-8-11(14)4-7-15(10)12(16)9-13(17-2)5-3-6-13/h10-11H,3-9,14H2,1-2H3. The summed E-state index contributed by atoms with van der Waals surface area (Å²) in [4.78, 5) is 14.3. The Hall–Kier alpha value is -0.610. The number of amides is 1. The molecule has 2 N–H and O–H groups in total. The van der Waals surface area contributed by atoms with Gasteiger partial charge in [-0.1, -0.05) is 0 Å². The smallest absolute Gasteiger partial charge is 0.225 e. The molecule has 1 heterocycles. The van der Waals surface area contributed by atoms with Gasteiger partial charge in [-0.3, -0.25) is 4.79 Å². The molecule has 0 radical (unpaired) electrons. The van der Waals surface area contributed by atoms with Crippen LogP contribution in [0.3, 0.4) is 0 Å². The molecule has 2 aliphatic rings. The topological polar surface area (TPSA) is 55.6 Å². The lowest BCUT2D eigenvalue weighted by molar-refractivity contribution is -0.147. The van der Waals surface area contributed by atoms with Crippen molar-refractivity contribution in [1.82, 2.24) is 4.90 Å². The zero-order valence-corrected chi connectivity index (χ0v) is 10.9. The Bertz CT molecular complexity index is 284. The minimum Gasteiger partial charge on any atom is -0.378 e. The van der Waals surface area contributed by atoms with E-state index in [4.69, 9.17) is 10.5 Å². The summed E-state index contributed by atoms with van der Waals surface area (Å²) in [6.45, 7) is 2.90. The van der Waals surface area contributed by atoms with Crippen LogP contribution in [0.5, 0.6) is 0 Å². The van der Waals surface area contributed by atoms with Crippen molar-refractivity contribution in [1.29, 1.82) is 0 Å². The molecule has 0 aromatic rings. The van der Waals surface area contributed by atoms with Crippen LogP contribution < -0.4 is 5.73 Å². The summed E-state index contributed by atoms with van der Waals surface area (Å²) < 4.78 is 5.52. The van der Waals surface area contributed by atoms with E-state index in [2.05, 4.69) is 6.92 Å². The molecule has 1 saturated carbocycles. The molecule has 0 aromatic heterocycles. The molecule has 1 saturated heterocycles. The molecule has 98 valence electrons. The molecule has 17 heavy (non-hydrogen) atoms. The lowest BCUT2D eigenvalue weighted by Crippen LogP contribution is -2.51. The third-order valence-electron chi connectivity index (χ3n) is 4.41. The van der Waals surface area contributed by atoms with Crippen LogP contribution >= 0.6 is 0 Å². The fraction of sp³-hybridized carbons (Fsp3) is 0.923. The molecular weight excluding hydrogens is 216 g/mol. The maximum atomic E-state index is 12.3. The highest BCUT2D eigenvalue weighted by molar-refractivity contribution is 5.78. The minimum absolute atomic E-state index is 0.156. The lowest BCUT2D eigenvalue weighted by Gasteiger charge is -2.43. The fourth-order valence-electron chi connectivity index (χ4n) is 2.98. The number of rotatable bonds is 3. The highest BCUT2D eigenvalue weighted by Gasteiger charge is 2.41. The largest absolute Gasteiger partial charge is 0.378 e. The van der Waals surface area contributed by atoms with Crippen LogP contribution in [-0.2, 0) is 9.53 Å². The number of carbonyl (C=O) groups excluding carboxylic acids is 1. The Labute approximate surface area is 103 Å². The van der Waals surface area contributed by atoms with E-state index in [1.807, 2.05) is 4.90 Å². The molecule has 2 rings (SSSR count). The highest BCUT2D eigenvalue weighted by atomic mass is 16.5. The van der Waals surface area contributed by atoms with Crippen molar-refractivity contribution in [3.63, 3.8) is 0 Å². The van der Waals surface area contributed by atoms with Crippen LogP contribution in [0, 0.1) is 0 Å². The van der Waals surface area contributed by atoms with Gasteiger partial charge in [0, 0.05) is 25.7 Å². The molecule has 2 unspecified atom stereocenters. The van der Waals surface area contributed by atoms with Gasteiger partial charge in [-0.15, -0.1) is 0 Å². The SMILES string of the molecule is COC1(CC(=O)N2CCC(N)CC2C)CCC1. The van der Waals surface area contributed by atoms with Crippen LogP contribution in [0.4, 0.5) is 0 Å². The van der Waals surface area contributed by atoms with Crippen molar-refractivity contribution in [3.8, 4) is 0 Å². The van der Waals surface area contributed by atoms with Gasteiger partial charge in [0.25, 0.3) is 0 Å². The van der Waals surface area contributed by atoms with Crippen molar-refractivity contribution < 1.29 is 9.53 Å². The predicted octanol–water partition coefficient (Wildman–Crippen LogP) is 1.28. The van der Waals surface area contributed by atoms with Crippen LogP contribution in [0.15, 0.2) is 0 Å². The van der Waals surface area contributed by atoms with E-state index in [0.29, 0.717) is 6.42 Å². The summed E-state index contributed by atoms with van der Waals surface area (Å²) in [7, 11) is 1.72. The molecule has 2 fully saturated rings. The van der Waals surface area contributed by atoms with Gasteiger partial charge >= 0.3 is 0 Å². The maximum absolute atomic E-state index is 12.3. The molecule has 0 aromatic carbocycles. The summed E-state index contributed by atoms with van der Waals surface area (Å²) in [5.74, 6) is 0.242. The second-order valence-corrected chi connectivity index (χ2v) is 5.64. The van der Waals surface area contributed by atoms with Crippen LogP contribution in [-0.4, -0.2) is 42.1 Å². The quantitative estimate of drug-likeness (QED) is 0.808. The Morgan fingerprint density at radius 3 is 2.71 bits per heavy atom. The normalized spacial score (nSPS) is 32.1. The summed E-state index contributed by atoms with van der Waals surface area (Å²) in [6, 6.07) is 0.536. The first-order valence-electron chi connectivity index (χ1n) is 6.66. The minimum atomic E-state index is -0.156. The van der Waals surface area contributed by atoms with Crippen molar-refractivity contribution in [2.45, 2.75) is 63.1 Å². The van der Waals surface area contributed by atoms with Gasteiger partial charge in [-0.05, 0) is 39.0 Å². The number of methoxy groups -OCH3 is 1. The van der Waals surface area contributed by atoms with Crippen molar-refractivity contribution in [3.05, 3.63) is 0 Å². The monoisotopic (exact) mass is 240 g/mol. The van der Waals surface area contributed by atoms with Gasteiger partial charge in [0.1, 0.15) is 0 Å². The Morgan fingerprint density at radius 1 is 1.53 bits per heavy atom. The molecule has 1 aliphatic carbocycles. The number of nitrogens with two attached hydrogens (primary N) is 1. The first-order valence-corrected chi connectivity index (χ1v) is 6.66. The van der Waals surface area contributed by atoms with Gasteiger partial charge in [0.2, 0.25) is 5.91 Å². The number of carbonyl (C=O) groups is 1. The molecule has 0 spiro atoms. The maximum Gasteiger partial charge on any atom is 0.225 e. The Morgan fingerprint density at radius 2 is 2.24 bits per heavy atom. The number of ether oxygens (including phenoxy) is 1.